The van der Waals surface area contributed by atoms with Crippen LogP contribution in [0.5, 0.6) is 0 Å². The Kier molecular flexibility index (Phi) is 29.5. The number of rotatable bonds is 39. The average molecular weight is 771 g/mol. The Hall–Kier alpha value is -0.900. The van der Waals surface area contributed by atoms with E-state index in [4.69, 9.17) is 14.2 Å². The first-order chi connectivity index (χ1) is 26.4. The van der Waals surface area contributed by atoms with E-state index in [9.17, 15) is 0 Å². The lowest BCUT2D eigenvalue weighted by molar-refractivity contribution is -0.462. The van der Waals surface area contributed by atoms with Gasteiger partial charge in [0, 0.05) is 0 Å². The summed E-state index contributed by atoms with van der Waals surface area (Å²) in [5, 5.41) is 0. The second-order valence-corrected chi connectivity index (χ2v) is 19.3. The van der Waals surface area contributed by atoms with Crippen LogP contribution < -0.4 is 0 Å². The zero-order chi connectivity index (χ0) is 40.7. The van der Waals surface area contributed by atoms with E-state index in [1.165, 1.54) is 173 Å². The Morgan fingerprint density at radius 3 is 0.945 bits per heavy atom. The van der Waals surface area contributed by atoms with Crippen LogP contribution in [0.25, 0.3) is 0 Å². The topological polar surface area (TPSA) is 27.7 Å². The van der Waals surface area contributed by atoms with Gasteiger partial charge in [0.2, 0.25) is 0 Å². The molecule has 1 rings (SSSR count). The third kappa shape index (κ3) is 25.9. The molecule has 0 aliphatic carbocycles. The van der Waals surface area contributed by atoms with Crippen molar-refractivity contribution in [1.82, 2.24) is 0 Å². The van der Waals surface area contributed by atoms with Crippen LogP contribution in [0.3, 0.4) is 0 Å². The molecule has 1 aromatic carbocycles. The lowest BCUT2D eigenvalue weighted by Crippen LogP contribution is -2.57. The molecule has 0 spiro atoms. The summed E-state index contributed by atoms with van der Waals surface area (Å²) >= 11 is 0. The van der Waals surface area contributed by atoms with E-state index in [1.54, 1.807) is 0 Å². The zero-order valence-electron chi connectivity index (χ0n) is 39.1. The van der Waals surface area contributed by atoms with E-state index >= 15 is 0 Å². The monoisotopic (exact) mass is 771 g/mol. The molecular weight excluding hydrogens is 673 g/mol. The molecule has 0 bridgehead atoms. The molecule has 0 saturated carbocycles. The van der Waals surface area contributed by atoms with Gasteiger partial charge in [-0.1, -0.05) is 231 Å². The summed E-state index contributed by atoms with van der Waals surface area (Å²) in [4.78, 5) is 0. The first kappa shape index (κ1) is 52.1. The number of benzene rings is 1. The van der Waals surface area contributed by atoms with Crippen LogP contribution in [0.4, 0.5) is 0 Å². The van der Waals surface area contributed by atoms with Crippen molar-refractivity contribution in [2.75, 3.05) is 0 Å². The molecule has 0 aliphatic heterocycles. The molecular formula is C52H98O3. The van der Waals surface area contributed by atoms with Crippen molar-refractivity contribution in [2.45, 2.75) is 297 Å². The van der Waals surface area contributed by atoms with Crippen LogP contribution in [0.15, 0.2) is 30.3 Å². The SMILES string of the molecule is CCCCCCCCCC(C)(C)OC(OC(C)(C)CCCCCCCCC)(OC(C)(C)CCCCCCCCC)C(CCCCCCCC)c1ccccc1. The van der Waals surface area contributed by atoms with Crippen molar-refractivity contribution in [3.63, 3.8) is 0 Å². The first-order valence-corrected chi connectivity index (χ1v) is 24.5. The Morgan fingerprint density at radius 1 is 0.364 bits per heavy atom. The summed E-state index contributed by atoms with van der Waals surface area (Å²) in [6, 6.07) is 11.2. The van der Waals surface area contributed by atoms with E-state index in [-0.39, 0.29) is 5.92 Å². The second kappa shape index (κ2) is 31.1. The molecule has 1 unspecified atom stereocenters. The van der Waals surface area contributed by atoms with Gasteiger partial charge in [-0.2, -0.15) is 0 Å². The average Bonchev–Trinajstić information content (AvgIpc) is 3.13. The largest absolute Gasteiger partial charge is 0.321 e. The highest BCUT2D eigenvalue weighted by Crippen LogP contribution is 2.47. The summed E-state index contributed by atoms with van der Waals surface area (Å²) in [5.74, 6) is -1.24. The van der Waals surface area contributed by atoms with Crippen LogP contribution in [0, 0.1) is 0 Å². The minimum Gasteiger partial charge on any atom is -0.321 e. The third-order valence-electron chi connectivity index (χ3n) is 11.9. The van der Waals surface area contributed by atoms with Gasteiger partial charge in [0.05, 0.1) is 22.7 Å². The first-order valence-electron chi connectivity index (χ1n) is 24.5. The number of unbranched alkanes of at least 4 members (excludes halogenated alkanes) is 23. The highest BCUT2D eigenvalue weighted by atomic mass is 16.9. The predicted octanol–water partition coefficient (Wildman–Crippen LogP) is 18.0. The van der Waals surface area contributed by atoms with Gasteiger partial charge < -0.3 is 14.2 Å². The van der Waals surface area contributed by atoms with Gasteiger partial charge in [0.15, 0.2) is 0 Å². The summed E-state index contributed by atoms with van der Waals surface area (Å²) in [7, 11) is 0. The molecule has 3 nitrogen and oxygen atoms in total. The van der Waals surface area contributed by atoms with Gasteiger partial charge in [-0.25, -0.2) is 0 Å². The fourth-order valence-corrected chi connectivity index (χ4v) is 8.47. The molecule has 0 aromatic heterocycles. The standard InChI is InChI=1S/C52H98O3/c1-11-15-19-23-27-31-38-44-49(5,6)53-52(54-50(7,8)45-39-32-28-24-20-16-12-2,55-51(9,10)46-40-33-29-25-21-17-13-3)48(47-41-35-34-36-42-47)43-37-30-26-22-18-14-4/h34-36,41-42,48H,11-33,37-40,43-46H2,1-10H3. The highest BCUT2D eigenvalue weighted by Gasteiger charge is 2.52. The van der Waals surface area contributed by atoms with Gasteiger partial charge in [-0.15, -0.1) is 0 Å². The highest BCUT2D eigenvalue weighted by molar-refractivity contribution is 5.22. The van der Waals surface area contributed by atoms with Crippen molar-refractivity contribution in [2.24, 2.45) is 0 Å². The molecule has 0 aliphatic rings. The predicted molar refractivity (Wildman–Crippen MR) is 243 cm³/mol. The van der Waals surface area contributed by atoms with Crippen LogP contribution in [-0.2, 0) is 14.2 Å². The molecule has 0 fully saturated rings. The fourth-order valence-electron chi connectivity index (χ4n) is 8.47. The Morgan fingerprint density at radius 2 is 0.636 bits per heavy atom. The summed E-state index contributed by atoms with van der Waals surface area (Å²) in [6.07, 6.45) is 39.0. The minimum atomic E-state index is -1.20. The minimum absolute atomic E-state index is 0.0326. The molecule has 3 heteroatoms. The van der Waals surface area contributed by atoms with E-state index in [1.807, 2.05) is 0 Å². The molecule has 55 heavy (non-hydrogen) atoms. The van der Waals surface area contributed by atoms with Crippen LogP contribution in [-0.4, -0.2) is 22.8 Å². The van der Waals surface area contributed by atoms with Crippen molar-refractivity contribution >= 4 is 0 Å². The Labute approximate surface area is 346 Å². The maximum absolute atomic E-state index is 7.65. The number of ether oxygens (including phenoxy) is 3. The van der Waals surface area contributed by atoms with E-state index in [0.717, 1.165) is 32.1 Å². The molecule has 324 valence electrons. The fraction of sp³-hybridized carbons (Fsp3) is 0.885. The molecule has 1 aromatic rings. The molecule has 0 saturated heterocycles. The quantitative estimate of drug-likeness (QED) is 0.0493. The lowest BCUT2D eigenvalue weighted by atomic mass is 9.88. The van der Waals surface area contributed by atoms with E-state index in [0.29, 0.717) is 0 Å². The third-order valence-corrected chi connectivity index (χ3v) is 11.9. The molecule has 0 radical (unpaired) electrons. The van der Waals surface area contributed by atoms with Gasteiger partial charge in [-0.05, 0) is 72.8 Å². The Balaban J connectivity index is 3.55. The maximum atomic E-state index is 7.65. The second-order valence-electron chi connectivity index (χ2n) is 19.3. The molecule has 0 amide bonds. The van der Waals surface area contributed by atoms with Gasteiger partial charge in [0.1, 0.15) is 0 Å². The van der Waals surface area contributed by atoms with Crippen molar-refractivity contribution in [3.05, 3.63) is 35.9 Å². The number of hydrogen-bond donors (Lipinski definition) is 0. The van der Waals surface area contributed by atoms with Crippen molar-refractivity contribution in [1.29, 1.82) is 0 Å². The Bertz CT molecular complexity index is 903. The normalized spacial score (nSPS) is 13.5. The smallest absolute Gasteiger partial charge is 0.291 e. The molecule has 0 N–H and O–H groups in total. The lowest BCUT2D eigenvalue weighted by Gasteiger charge is -2.51. The van der Waals surface area contributed by atoms with E-state index in [2.05, 4.69) is 99.6 Å². The molecule has 0 heterocycles. The summed E-state index contributed by atoms with van der Waals surface area (Å²) in [5.41, 5.74) is 0.0774. The van der Waals surface area contributed by atoms with Gasteiger partial charge >= 0.3 is 0 Å². The van der Waals surface area contributed by atoms with Gasteiger partial charge in [-0.3, -0.25) is 0 Å². The maximum Gasteiger partial charge on any atom is 0.291 e. The van der Waals surface area contributed by atoms with Crippen molar-refractivity contribution in [3.8, 4) is 0 Å². The summed E-state index contributed by atoms with van der Waals surface area (Å²) < 4.78 is 23.0. The number of hydrogen-bond acceptors (Lipinski definition) is 3. The van der Waals surface area contributed by atoms with Gasteiger partial charge in [0.25, 0.3) is 5.97 Å². The zero-order valence-corrected chi connectivity index (χ0v) is 39.1. The van der Waals surface area contributed by atoms with Crippen LogP contribution in [0.2, 0.25) is 0 Å². The summed E-state index contributed by atoms with van der Waals surface area (Å²) in [6.45, 7) is 23.1. The van der Waals surface area contributed by atoms with Crippen LogP contribution >= 0.6 is 0 Å². The molecule has 1 atom stereocenters. The van der Waals surface area contributed by atoms with Crippen LogP contribution in [0.1, 0.15) is 280 Å². The van der Waals surface area contributed by atoms with E-state index < -0.39 is 22.8 Å². The van der Waals surface area contributed by atoms with Crippen molar-refractivity contribution < 1.29 is 14.2 Å².